The van der Waals surface area contributed by atoms with Crippen LogP contribution in [0.25, 0.3) is 0 Å². The Morgan fingerprint density at radius 3 is 2.48 bits per heavy atom. The van der Waals surface area contributed by atoms with E-state index in [1.807, 2.05) is 6.92 Å². The number of amides is 1. The molecule has 1 unspecified atom stereocenters. The number of methoxy groups -OCH3 is 1. The van der Waals surface area contributed by atoms with Crippen molar-refractivity contribution in [1.82, 2.24) is 9.62 Å². The summed E-state index contributed by atoms with van der Waals surface area (Å²) in [5.74, 6) is -0.919. The zero-order valence-electron chi connectivity index (χ0n) is 18.3. The van der Waals surface area contributed by atoms with Gasteiger partial charge in [0.25, 0.3) is 5.91 Å². The predicted octanol–water partition coefficient (Wildman–Crippen LogP) is 2.86. The molecule has 8 nitrogen and oxygen atoms in total. The van der Waals surface area contributed by atoms with Crippen LogP contribution in [-0.4, -0.2) is 56.9 Å². The molecule has 31 heavy (non-hydrogen) atoms. The van der Waals surface area contributed by atoms with Gasteiger partial charge in [-0.05, 0) is 50.8 Å². The second kappa shape index (κ2) is 10.5. The maximum atomic E-state index is 13.3. The Morgan fingerprint density at radius 1 is 1.10 bits per heavy atom. The molecule has 172 valence electrons. The van der Waals surface area contributed by atoms with Crippen molar-refractivity contribution in [2.45, 2.75) is 75.3 Å². The van der Waals surface area contributed by atoms with Gasteiger partial charge in [-0.3, -0.25) is 4.79 Å². The number of hydrogen-bond acceptors (Lipinski definition) is 6. The molecule has 1 atom stereocenters. The standard InChI is InChI=1S/C22H32N2O6S/c1-16-8-6-7-13-24(16)31(27,28)20-14-17(11-12-19(20)29-2)22(26)30-15-21(25)23-18-9-4-3-5-10-18/h11-12,14,16,18H,3-10,13,15H2,1-2H3,(H,23,25). The minimum atomic E-state index is -3.84. The van der Waals surface area contributed by atoms with E-state index in [-0.39, 0.29) is 34.2 Å². The van der Waals surface area contributed by atoms with Crippen molar-refractivity contribution < 1.29 is 27.5 Å². The fourth-order valence-electron chi connectivity index (χ4n) is 4.29. The quantitative estimate of drug-likeness (QED) is 0.639. The molecule has 1 aliphatic heterocycles. The molecule has 0 radical (unpaired) electrons. The largest absolute Gasteiger partial charge is 0.495 e. The molecule has 0 spiro atoms. The highest BCUT2D eigenvalue weighted by molar-refractivity contribution is 7.89. The number of esters is 1. The lowest BCUT2D eigenvalue weighted by Crippen LogP contribution is -2.42. The van der Waals surface area contributed by atoms with Crippen molar-refractivity contribution in [2.75, 3.05) is 20.3 Å². The van der Waals surface area contributed by atoms with Crippen LogP contribution in [0.4, 0.5) is 0 Å². The summed E-state index contributed by atoms with van der Waals surface area (Å²) in [6.07, 6.45) is 7.80. The van der Waals surface area contributed by atoms with Crippen LogP contribution in [0.5, 0.6) is 5.75 Å². The van der Waals surface area contributed by atoms with Gasteiger partial charge in [0.2, 0.25) is 10.0 Å². The number of nitrogens with zero attached hydrogens (tertiary/aromatic N) is 1. The van der Waals surface area contributed by atoms with E-state index in [0.29, 0.717) is 6.54 Å². The number of sulfonamides is 1. The van der Waals surface area contributed by atoms with E-state index in [9.17, 15) is 18.0 Å². The Kier molecular flexibility index (Phi) is 7.94. The van der Waals surface area contributed by atoms with Gasteiger partial charge in [0.05, 0.1) is 12.7 Å². The smallest absolute Gasteiger partial charge is 0.338 e. The Bertz CT molecular complexity index is 895. The molecule has 1 aromatic carbocycles. The van der Waals surface area contributed by atoms with Gasteiger partial charge >= 0.3 is 5.97 Å². The lowest BCUT2D eigenvalue weighted by Gasteiger charge is -2.32. The summed E-state index contributed by atoms with van der Waals surface area (Å²) in [6.45, 7) is 1.92. The first-order valence-corrected chi connectivity index (χ1v) is 12.4. The Morgan fingerprint density at radius 2 is 1.81 bits per heavy atom. The van der Waals surface area contributed by atoms with Crippen molar-refractivity contribution in [3.05, 3.63) is 23.8 Å². The number of carbonyl (C=O) groups excluding carboxylic acids is 2. The molecule has 1 saturated heterocycles. The summed E-state index contributed by atoms with van der Waals surface area (Å²) in [6, 6.07) is 4.17. The highest BCUT2D eigenvalue weighted by Gasteiger charge is 2.33. The Hall–Kier alpha value is -2.13. The third-order valence-corrected chi connectivity index (χ3v) is 8.07. The van der Waals surface area contributed by atoms with Crippen molar-refractivity contribution in [3.63, 3.8) is 0 Å². The summed E-state index contributed by atoms with van der Waals surface area (Å²) in [4.78, 5) is 24.5. The van der Waals surface area contributed by atoms with Gasteiger partial charge in [-0.1, -0.05) is 25.7 Å². The summed E-state index contributed by atoms with van der Waals surface area (Å²) < 4.78 is 38.4. The van der Waals surface area contributed by atoms with Crippen LogP contribution in [0, 0.1) is 0 Å². The van der Waals surface area contributed by atoms with Crippen molar-refractivity contribution in [2.24, 2.45) is 0 Å². The van der Waals surface area contributed by atoms with Gasteiger partial charge in [-0.25, -0.2) is 13.2 Å². The molecule has 1 amide bonds. The molecule has 9 heteroatoms. The summed E-state index contributed by atoms with van der Waals surface area (Å²) in [7, 11) is -2.45. The maximum absolute atomic E-state index is 13.3. The summed E-state index contributed by atoms with van der Waals surface area (Å²) >= 11 is 0. The first kappa shape index (κ1) is 23.5. The Labute approximate surface area is 184 Å². The average molecular weight is 453 g/mol. The van der Waals surface area contributed by atoms with E-state index in [4.69, 9.17) is 9.47 Å². The fourth-order valence-corrected chi connectivity index (χ4v) is 6.17. The van der Waals surface area contributed by atoms with Crippen LogP contribution in [0.2, 0.25) is 0 Å². The minimum absolute atomic E-state index is 0.0644. The van der Waals surface area contributed by atoms with Gasteiger partial charge in [-0.2, -0.15) is 4.31 Å². The summed E-state index contributed by atoms with van der Waals surface area (Å²) in [5, 5.41) is 2.89. The third-order valence-electron chi connectivity index (χ3n) is 6.03. The molecule has 1 aliphatic carbocycles. The van der Waals surface area contributed by atoms with E-state index in [0.717, 1.165) is 44.9 Å². The van der Waals surface area contributed by atoms with Crippen molar-refractivity contribution >= 4 is 21.9 Å². The molecular weight excluding hydrogens is 420 g/mol. The zero-order valence-corrected chi connectivity index (χ0v) is 19.1. The van der Waals surface area contributed by atoms with Gasteiger partial charge in [0.1, 0.15) is 10.6 Å². The number of nitrogens with one attached hydrogen (secondary N) is 1. The normalized spacial score (nSPS) is 20.8. The van der Waals surface area contributed by atoms with Crippen LogP contribution in [0.15, 0.2) is 23.1 Å². The van der Waals surface area contributed by atoms with Gasteiger partial charge in [0.15, 0.2) is 6.61 Å². The zero-order chi connectivity index (χ0) is 22.4. The van der Waals surface area contributed by atoms with Gasteiger partial charge < -0.3 is 14.8 Å². The highest BCUT2D eigenvalue weighted by Crippen LogP contribution is 2.31. The van der Waals surface area contributed by atoms with Crippen LogP contribution in [0.3, 0.4) is 0 Å². The highest BCUT2D eigenvalue weighted by atomic mass is 32.2. The molecule has 1 saturated carbocycles. The SMILES string of the molecule is COc1ccc(C(=O)OCC(=O)NC2CCCCC2)cc1S(=O)(=O)N1CCCCC1C. The van der Waals surface area contributed by atoms with E-state index in [1.54, 1.807) is 0 Å². The number of carbonyl (C=O) groups is 2. The molecule has 1 aromatic rings. The molecule has 2 aliphatic rings. The minimum Gasteiger partial charge on any atom is -0.495 e. The molecule has 0 bridgehead atoms. The van der Waals surface area contributed by atoms with Crippen LogP contribution in [-0.2, 0) is 19.6 Å². The summed E-state index contributed by atoms with van der Waals surface area (Å²) in [5.41, 5.74) is 0.0644. The number of ether oxygens (including phenoxy) is 2. The third kappa shape index (κ3) is 5.77. The lowest BCUT2D eigenvalue weighted by atomic mass is 9.95. The number of piperidine rings is 1. The van der Waals surface area contributed by atoms with Crippen LogP contribution < -0.4 is 10.1 Å². The van der Waals surface area contributed by atoms with Crippen molar-refractivity contribution in [3.8, 4) is 5.75 Å². The maximum Gasteiger partial charge on any atom is 0.338 e. The van der Waals surface area contributed by atoms with Gasteiger partial charge in [0, 0.05) is 18.6 Å². The fraction of sp³-hybridized carbons (Fsp3) is 0.636. The molecule has 1 N–H and O–H groups in total. The first-order valence-electron chi connectivity index (χ1n) is 11.0. The molecule has 1 heterocycles. The van der Waals surface area contributed by atoms with E-state index < -0.39 is 22.6 Å². The molecule has 3 rings (SSSR count). The average Bonchev–Trinajstić information content (AvgIpc) is 2.78. The van der Waals surface area contributed by atoms with Crippen LogP contribution in [0.1, 0.15) is 68.6 Å². The van der Waals surface area contributed by atoms with Crippen LogP contribution >= 0.6 is 0 Å². The topological polar surface area (TPSA) is 102 Å². The Balaban J connectivity index is 1.70. The molecular formula is C22H32N2O6S. The number of rotatable bonds is 7. The molecule has 0 aromatic heterocycles. The van der Waals surface area contributed by atoms with Crippen molar-refractivity contribution in [1.29, 1.82) is 0 Å². The monoisotopic (exact) mass is 452 g/mol. The number of hydrogen-bond donors (Lipinski definition) is 1. The second-order valence-corrected chi connectivity index (χ2v) is 10.2. The van der Waals surface area contributed by atoms with E-state index in [1.165, 1.54) is 36.0 Å². The van der Waals surface area contributed by atoms with Gasteiger partial charge in [-0.15, -0.1) is 0 Å². The lowest BCUT2D eigenvalue weighted by molar-refractivity contribution is -0.125. The number of benzene rings is 1. The molecule has 2 fully saturated rings. The predicted molar refractivity (Wildman–Crippen MR) is 115 cm³/mol. The second-order valence-electron chi connectivity index (χ2n) is 8.30. The van der Waals surface area contributed by atoms with E-state index in [2.05, 4.69) is 5.32 Å². The van der Waals surface area contributed by atoms with E-state index >= 15 is 0 Å². The first-order chi connectivity index (χ1) is 14.8.